The number of amides is 1. The Labute approximate surface area is 182 Å². The average Bonchev–Trinajstić information content (AvgIpc) is 3.38. The van der Waals surface area contributed by atoms with Crippen molar-refractivity contribution in [2.75, 3.05) is 18.4 Å². The summed E-state index contributed by atoms with van der Waals surface area (Å²) in [5.74, 6) is -0.166. The summed E-state index contributed by atoms with van der Waals surface area (Å²) >= 11 is 6.89. The molecule has 2 aromatic heterocycles. The summed E-state index contributed by atoms with van der Waals surface area (Å²) in [6, 6.07) is 12.8. The van der Waals surface area contributed by atoms with Crippen molar-refractivity contribution in [3.63, 3.8) is 0 Å². The van der Waals surface area contributed by atoms with Crippen molar-refractivity contribution in [1.29, 1.82) is 0 Å². The third kappa shape index (κ3) is 4.72. The maximum absolute atomic E-state index is 12.7. The molecule has 0 saturated carbocycles. The maximum Gasteiger partial charge on any atom is 0.322 e. The van der Waals surface area contributed by atoms with Crippen molar-refractivity contribution >= 4 is 44.9 Å². The van der Waals surface area contributed by atoms with Gasteiger partial charge in [-0.1, -0.05) is 47.0 Å². The van der Waals surface area contributed by atoms with Crippen LogP contribution in [0, 0.1) is 5.92 Å². The zero-order chi connectivity index (χ0) is 21.1. The predicted molar refractivity (Wildman–Crippen MR) is 113 cm³/mol. The van der Waals surface area contributed by atoms with Gasteiger partial charge >= 0.3 is 6.01 Å². The van der Waals surface area contributed by atoms with Gasteiger partial charge < -0.3 is 4.42 Å². The van der Waals surface area contributed by atoms with Gasteiger partial charge in [-0.3, -0.25) is 10.1 Å². The van der Waals surface area contributed by atoms with E-state index in [4.69, 9.17) is 16.0 Å². The topological polar surface area (TPSA) is 105 Å². The molecule has 0 spiro atoms. The number of sulfonamides is 1. The lowest BCUT2D eigenvalue weighted by molar-refractivity contribution is -0.121. The van der Waals surface area contributed by atoms with Crippen LogP contribution in [0.3, 0.4) is 0 Å². The van der Waals surface area contributed by atoms with Gasteiger partial charge in [-0.2, -0.15) is 4.31 Å². The highest BCUT2D eigenvalue weighted by Gasteiger charge is 2.33. The summed E-state index contributed by atoms with van der Waals surface area (Å²) in [6.07, 6.45) is 1.30. The second-order valence-corrected chi connectivity index (χ2v) is 10.8. The Morgan fingerprint density at radius 3 is 2.57 bits per heavy atom. The number of hydrogen-bond donors (Lipinski definition) is 1. The molecule has 0 atom stereocenters. The third-order valence-electron chi connectivity index (χ3n) is 4.86. The molecule has 1 saturated heterocycles. The Kier molecular flexibility index (Phi) is 6.19. The zero-order valence-corrected chi connectivity index (χ0v) is 18.2. The molecule has 0 unspecified atom stereocenters. The lowest BCUT2D eigenvalue weighted by Crippen LogP contribution is -2.41. The maximum atomic E-state index is 12.7. The molecule has 0 aliphatic carbocycles. The number of hydrogen-bond acceptors (Lipinski definition) is 7. The van der Waals surface area contributed by atoms with Crippen molar-refractivity contribution in [2.24, 2.45) is 5.92 Å². The highest BCUT2D eigenvalue weighted by molar-refractivity contribution is 7.91. The number of piperidine rings is 1. The third-order valence-corrected chi connectivity index (χ3v) is 8.46. The number of anilines is 1. The van der Waals surface area contributed by atoms with Crippen molar-refractivity contribution in [2.45, 2.75) is 23.5 Å². The normalized spacial score (nSPS) is 15.9. The molecule has 1 aliphatic heterocycles. The van der Waals surface area contributed by atoms with Gasteiger partial charge in [0.15, 0.2) is 0 Å². The molecule has 158 valence electrons. The number of rotatable bonds is 6. The first-order chi connectivity index (χ1) is 14.4. The molecule has 8 nitrogen and oxygen atoms in total. The van der Waals surface area contributed by atoms with E-state index in [1.54, 1.807) is 6.07 Å². The molecule has 1 aromatic carbocycles. The fourth-order valence-electron chi connectivity index (χ4n) is 3.28. The Morgan fingerprint density at radius 2 is 1.90 bits per heavy atom. The van der Waals surface area contributed by atoms with Crippen LogP contribution in [0.2, 0.25) is 4.34 Å². The number of thiophene rings is 1. The molecule has 0 bridgehead atoms. The highest BCUT2D eigenvalue weighted by Crippen LogP contribution is 2.30. The lowest BCUT2D eigenvalue weighted by atomic mass is 9.97. The van der Waals surface area contributed by atoms with E-state index in [1.807, 2.05) is 30.3 Å². The minimum atomic E-state index is -3.58. The molecule has 30 heavy (non-hydrogen) atoms. The Hall–Kier alpha value is -2.27. The minimum Gasteiger partial charge on any atom is -0.407 e. The first-order valence-corrected chi connectivity index (χ1v) is 12.0. The second kappa shape index (κ2) is 8.84. The van der Waals surface area contributed by atoms with Crippen molar-refractivity contribution in [3.05, 3.63) is 58.3 Å². The van der Waals surface area contributed by atoms with Crippen molar-refractivity contribution in [1.82, 2.24) is 14.5 Å². The summed E-state index contributed by atoms with van der Waals surface area (Å²) in [4.78, 5) is 12.5. The molecule has 1 N–H and O–H groups in total. The van der Waals surface area contributed by atoms with Crippen LogP contribution in [-0.2, 0) is 21.2 Å². The number of nitrogens with one attached hydrogen (secondary N) is 1. The van der Waals surface area contributed by atoms with Crippen LogP contribution in [-0.4, -0.2) is 41.9 Å². The molecule has 3 aromatic rings. The van der Waals surface area contributed by atoms with Crippen LogP contribution in [0.1, 0.15) is 24.3 Å². The van der Waals surface area contributed by atoms with Crippen LogP contribution in [0.5, 0.6) is 0 Å². The van der Waals surface area contributed by atoms with E-state index in [-0.39, 0.29) is 35.1 Å². The second-order valence-electron chi connectivity index (χ2n) is 6.89. The number of halogens is 1. The summed E-state index contributed by atoms with van der Waals surface area (Å²) in [6.45, 7) is 0.526. The number of carbonyl (C=O) groups excluding carboxylic acids is 1. The van der Waals surface area contributed by atoms with Gasteiger partial charge in [-0.15, -0.1) is 16.4 Å². The average molecular weight is 467 g/mol. The van der Waals surface area contributed by atoms with E-state index < -0.39 is 10.0 Å². The van der Waals surface area contributed by atoms with Crippen LogP contribution in [0.15, 0.2) is 51.1 Å². The monoisotopic (exact) mass is 466 g/mol. The van der Waals surface area contributed by atoms with Crippen LogP contribution < -0.4 is 5.32 Å². The van der Waals surface area contributed by atoms with Crippen molar-refractivity contribution < 1.29 is 17.6 Å². The summed E-state index contributed by atoms with van der Waals surface area (Å²) in [5.41, 5.74) is 1.03. The molecular formula is C19H19ClN4O4S2. The zero-order valence-electron chi connectivity index (χ0n) is 15.8. The summed E-state index contributed by atoms with van der Waals surface area (Å²) < 4.78 is 32.9. The number of nitrogens with zero attached hydrogens (tertiary/aromatic N) is 3. The van der Waals surface area contributed by atoms with Gasteiger partial charge in [0.1, 0.15) is 4.21 Å². The molecule has 1 fully saturated rings. The fraction of sp³-hybridized carbons (Fsp3) is 0.316. The number of aromatic nitrogens is 2. The van der Waals surface area contributed by atoms with Gasteiger partial charge in [0.25, 0.3) is 10.0 Å². The Bertz CT molecular complexity index is 1120. The quantitative estimate of drug-likeness (QED) is 0.596. The lowest BCUT2D eigenvalue weighted by Gasteiger charge is -2.29. The Morgan fingerprint density at radius 1 is 1.17 bits per heavy atom. The first kappa shape index (κ1) is 21.0. The van der Waals surface area contributed by atoms with Crippen LogP contribution >= 0.6 is 22.9 Å². The molecule has 3 heterocycles. The van der Waals surface area contributed by atoms with E-state index >= 15 is 0 Å². The SMILES string of the molecule is O=C(Nc1nnc(Cc2ccccc2)o1)C1CCN(S(=O)(=O)c2ccc(Cl)s2)CC1. The molecule has 11 heteroatoms. The van der Waals surface area contributed by atoms with Crippen molar-refractivity contribution in [3.8, 4) is 0 Å². The number of benzene rings is 1. The molecule has 1 amide bonds. The smallest absolute Gasteiger partial charge is 0.322 e. The van der Waals surface area contributed by atoms with E-state index in [0.717, 1.165) is 16.9 Å². The first-order valence-electron chi connectivity index (χ1n) is 9.34. The largest absolute Gasteiger partial charge is 0.407 e. The molecule has 0 radical (unpaired) electrons. The summed E-state index contributed by atoms with van der Waals surface area (Å²) in [5, 5.41) is 10.5. The van der Waals surface area contributed by atoms with Crippen LogP contribution in [0.25, 0.3) is 0 Å². The van der Waals surface area contributed by atoms with E-state index in [9.17, 15) is 13.2 Å². The van der Waals surface area contributed by atoms with Gasteiger partial charge in [0.05, 0.1) is 10.8 Å². The minimum absolute atomic E-state index is 0.0502. The van der Waals surface area contributed by atoms with Gasteiger partial charge in [-0.25, -0.2) is 8.42 Å². The van der Waals surface area contributed by atoms with Gasteiger partial charge in [0.2, 0.25) is 11.8 Å². The van der Waals surface area contributed by atoms with E-state index in [0.29, 0.717) is 29.5 Å². The standard InChI is InChI=1S/C19H19ClN4O4S2/c20-15-6-7-17(29-15)30(26,27)24-10-8-14(9-11-24)18(25)21-19-23-22-16(28-19)12-13-4-2-1-3-5-13/h1-7,14H,8-12H2,(H,21,23,25). The van der Waals surface area contributed by atoms with Gasteiger partial charge in [0, 0.05) is 19.0 Å². The van der Waals surface area contributed by atoms with E-state index in [2.05, 4.69) is 15.5 Å². The summed E-state index contributed by atoms with van der Waals surface area (Å²) in [7, 11) is -3.58. The molecule has 1 aliphatic rings. The predicted octanol–water partition coefficient (Wildman–Crippen LogP) is 3.41. The van der Waals surface area contributed by atoms with E-state index in [1.165, 1.54) is 10.4 Å². The number of carbonyl (C=O) groups is 1. The van der Waals surface area contributed by atoms with Gasteiger partial charge in [-0.05, 0) is 30.5 Å². The molecular weight excluding hydrogens is 448 g/mol. The fourth-order valence-corrected chi connectivity index (χ4v) is 6.38. The Balaban J connectivity index is 1.32. The highest BCUT2D eigenvalue weighted by atomic mass is 35.5. The van der Waals surface area contributed by atoms with Crippen LogP contribution in [0.4, 0.5) is 6.01 Å². The molecule has 4 rings (SSSR count).